The van der Waals surface area contributed by atoms with Crippen LogP contribution >= 0.6 is 11.3 Å². The minimum atomic E-state index is 0.709. The van der Waals surface area contributed by atoms with Gasteiger partial charge in [-0.3, -0.25) is 4.90 Å². The van der Waals surface area contributed by atoms with Crippen molar-refractivity contribution >= 4 is 16.5 Å². The molecule has 1 fully saturated rings. The Bertz CT molecular complexity index is 356. The van der Waals surface area contributed by atoms with Gasteiger partial charge < -0.3 is 10.1 Å². The van der Waals surface area contributed by atoms with Gasteiger partial charge in [-0.2, -0.15) is 0 Å². The van der Waals surface area contributed by atoms with Crippen LogP contribution in [0.2, 0.25) is 0 Å². The first-order valence-electron chi connectivity index (χ1n) is 6.71. The van der Waals surface area contributed by atoms with Crippen molar-refractivity contribution in [3.8, 4) is 0 Å². The monoisotopic (exact) mass is 269 g/mol. The van der Waals surface area contributed by atoms with Gasteiger partial charge in [-0.25, -0.2) is 4.98 Å². The van der Waals surface area contributed by atoms with Gasteiger partial charge in [-0.15, -0.1) is 11.3 Å². The lowest BCUT2D eigenvalue weighted by Crippen LogP contribution is -2.20. The fourth-order valence-corrected chi connectivity index (χ4v) is 3.22. The minimum absolute atomic E-state index is 0.709. The molecule has 0 bridgehead atoms. The molecule has 1 N–H and O–H groups in total. The van der Waals surface area contributed by atoms with Crippen molar-refractivity contribution in [2.45, 2.75) is 26.3 Å². The van der Waals surface area contributed by atoms with Gasteiger partial charge in [0.25, 0.3) is 0 Å². The largest absolute Gasteiger partial charge is 0.384 e. The standard InChI is InChI=1S/C13H23N3OS/c1-3-5-14-13-15-7-12(18-13)9-16-6-4-11(8-16)10-17-2/h7,11H,3-6,8-10H2,1-2H3,(H,14,15). The van der Waals surface area contributed by atoms with Crippen LogP contribution in [0.15, 0.2) is 6.20 Å². The molecule has 0 radical (unpaired) electrons. The zero-order chi connectivity index (χ0) is 12.8. The second-order valence-corrected chi connectivity index (χ2v) is 6.02. The van der Waals surface area contributed by atoms with Crippen LogP contribution in [0.5, 0.6) is 0 Å². The Balaban J connectivity index is 1.77. The third-order valence-electron chi connectivity index (χ3n) is 3.23. The van der Waals surface area contributed by atoms with E-state index in [4.69, 9.17) is 4.74 Å². The highest BCUT2D eigenvalue weighted by Crippen LogP contribution is 2.23. The average molecular weight is 269 g/mol. The average Bonchev–Trinajstić information content (AvgIpc) is 2.98. The summed E-state index contributed by atoms with van der Waals surface area (Å²) in [5, 5.41) is 4.39. The first-order valence-corrected chi connectivity index (χ1v) is 7.53. The Hall–Kier alpha value is -0.650. The van der Waals surface area contributed by atoms with Gasteiger partial charge in [-0.05, 0) is 25.3 Å². The Morgan fingerprint density at radius 3 is 3.28 bits per heavy atom. The molecule has 1 saturated heterocycles. The lowest BCUT2D eigenvalue weighted by Gasteiger charge is -2.14. The highest BCUT2D eigenvalue weighted by atomic mass is 32.1. The molecular weight excluding hydrogens is 246 g/mol. The van der Waals surface area contributed by atoms with Crippen LogP contribution in [-0.2, 0) is 11.3 Å². The second kappa shape index (κ2) is 7.07. The fraction of sp³-hybridized carbons (Fsp3) is 0.769. The lowest BCUT2D eigenvalue weighted by atomic mass is 10.1. The minimum Gasteiger partial charge on any atom is -0.384 e. The van der Waals surface area contributed by atoms with E-state index in [1.54, 1.807) is 18.4 Å². The van der Waals surface area contributed by atoms with Crippen molar-refractivity contribution in [3.63, 3.8) is 0 Å². The smallest absolute Gasteiger partial charge is 0.182 e. The van der Waals surface area contributed by atoms with E-state index in [0.717, 1.165) is 37.8 Å². The number of aromatic nitrogens is 1. The molecule has 1 aromatic rings. The first-order chi connectivity index (χ1) is 8.81. The summed E-state index contributed by atoms with van der Waals surface area (Å²) in [7, 11) is 1.79. The number of hydrogen-bond acceptors (Lipinski definition) is 5. The summed E-state index contributed by atoms with van der Waals surface area (Å²) in [5.74, 6) is 0.709. The molecule has 0 spiro atoms. The molecule has 5 heteroatoms. The van der Waals surface area contributed by atoms with Crippen molar-refractivity contribution in [2.75, 3.05) is 38.7 Å². The molecule has 18 heavy (non-hydrogen) atoms. The number of likely N-dealkylation sites (tertiary alicyclic amines) is 1. The summed E-state index contributed by atoms with van der Waals surface area (Å²) < 4.78 is 5.23. The second-order valence-electron chi connectivity index (χ2n) is 4.90. The molecule has 1 atom stereocenters. The zero-order valence-corrected chi connectivity index (χ0v) is 12.1. The van der Waals surface area contributed by atoms with E-state index in [9.17, 15) is 0 Å². The summed E-state index contributed by atoms with van der Waals surface area (Å²) in [6.07, 6.45) is 4.40. The van der Waals surface area contributed by atoms with Gasteiger partial charge in [0.05, 0.1) is 6.61 Å². The van der Waals surface area contributed by atoms with E-state index < -0.39 is 0 Å². The van der Waals surface area contributed by atoms with Crippen molar-refractivity contribution in [2.24, 2.45) is 5.92 Å². The summed E-state index contributed by atoms with van der Waals surface area (Å²) in [4.78, 5) is 8.26. The van der Waals surface area contributed by atoms with Gasteiger partial charge >= 0.3 is 0 Å². The van der Waals surface area contributed by atoms with Gasteiger partial charge in [0.2, 0.25) is 0 Å². The number of ether oxygens (including phenoxy) is 1. The third-order valence-corrected chi connectivity index (χ3v) is 4.17. The van der Waals surface area contributed by atoms with E-state index >= 15 is 0 Å². The molecular formula is C13H23N3OS. The molecule has 0 amide bonds. The molecule has 4 nitrogen and oxygen atoms in total. The predicted molar refractivity (Wildman–Crippen MR) is 76.2 cm³/mol. The van der Waals surface area contributed by atoms with Crippen molar-refractivity contribution < 1.29 is 4.74 Å². The molecule has 0 aliphatic carbocycles. The molecule has 1 aliphatic heterocycles. The summed E-state index contributed by atoms with van der Waals surface area (Å²) >= 11 is 1.78. The van der Waals surface area contributed by atoms with Crippen LogP contribution in [0, 0.1) is 5.92 Å². The third kappa shape index (κ3) is 3.93. The number of nitrogens with zero attached hydrogens (tertiary/aromatic N) is 2. The number of rotatable bonds is 7. The Kier molecular flexibility index (Phi) is 5.41. The normalized spacial score (nSPS) is 20.4. The van der Waals surface area contributed by atoms with Crippen LogP contribution in [0.25, 0.3) is 0 Å². The maximum atomic E-state index is 5.23. The van der Waals surface area contributed by atoms with Gasteiger partial charge in [0.1, 0.15) is 0 Å². The lowest BCUT2D eigenvalue weighted by molar-refractivity contribution is 0.153. The Labute approximate surface area is 113 Å². The number of anilines is 1. The molecule has 1 aromatic heterocycles. The first kappa shape index (κ1) is 13.8. The highest BCUT2D eigenvalue weighted by molar-refractivity contribution is 7.15. The van der Waals surface area contributed by atoms with Crippen molar-refractivity contribution in [1.29, 1.82) is 0 Å². The predicted octanol–water partition coefficient (Wildman–Crippen LogP) is 2.43. The SMILES string of the molecule is CCCNc1ncc(CN2CCC(COC)C2)s1. The van der Waals surface area contributed by atoms with Crippen LogP contribution < -0.4 is 5.32 Å². The summed E-state index contributed by atoms with van der Waals surface area (Å²) in [6, 6.07) is 0. The molecule has 2 heterocycles. The number of methoxy groups -OCH3 is 1. The number of hydrogen-bond donors (Lipinski definition) is 1. The van der Waals surface area contributed by atoms with E-state index in [2.05, 4.69) is 22.1 Å². The molecule has 1 unspecified atom stereocenters. The molecule has 1 aliphatic rings. The fourth-order valence-electron chi connectivity index (χ4n) is 2.34. The van der Waals surface area contributed by atoms with Crippen LogP contribution in [0.4, 0.5) is 5.13 Å². The maximum Gasteiger partial charge on any atom is 0.182 e. The Morgan fingerprint density at radius 1 is 1.61 bits per heavy atom. The van der Waals surface area contributed by atoms with E-state index in [1.165, 1.54) is 17.8 Å². The zero-order valence-electron chi connectivity index (χ0n) is 11.3. The summed E-state index contributed by atoms with van der Waals surface area (Å²) in [6.45, 7) is 7.44. The van der Waals surface area contributed by atoms with Crippen LogP contribution in [-0.4, -0.2) is 43.2 Å². The van der Waals surface area contributed by atoms with Crippen LogP contribution in [0.3, 0.4) is 0 Å². The van der Waals surface area contributed by atoms with Crippen molar-refractivity contribution in [1.82, 2.24) is 9.88 Å². The van der Waals surface area contributed by atoms with E-state index in [-0.39, 0.29) is 0 Å². The molecule has 0 aromatic carbocycles. The van der Waals surface area contributed by atoms with E-state index in [1.807, 2.05) is 6.20 Å². The van der Waals surface area contributed by atoms with E-state index in [0.29, 0.717) is 5.92 Å². The highest BCUT2D eigenvalue weighted by Gasteiger charge is 2.22. The van der Waals surface area contributed by atoms with Crippen LogP contribution in [0.1, 0.15) is 24.6 Å². The topological polar surface area (TPSA) is 37.4 Å². The summed E-state index contributed by atoms with van der Waals surface area (Å²) in [5.41, 5.74) is 0. The number of nitrogens with one attached hydrogen (secondary N) is 1. The molecule has 2 rings (SSSR count). The maximum absolute atomic E-state index is 5.23. The number of thiazole rings is 1. The van der Waals surface area contributed by atoms with Crippen molar-refractivity contribution in [3.05, 3.63) is 11.1 Å². The molecule has 0 saturated carbocycles. The van der Waals surface area contributed by atoms with Gasteiger partial charge in [0, 0.05) is 37.8 Å². The van der Waals surface area contributed by atoms with Gasteiger partial charge in [-0.1, -0.05) is 6.92 Å². The quantitative estimate of drug-likeness (QED) is 0.825. The Morgan fingerprint density at radius 2 is 2.50 bits per heavy atom. The van der Waals surface area contributed by atoms with Gasteiger partial charge in [0.15, 0.2) is 5.13 Å². The molecule has 102 valence electrons.